The van der Waals surface area contributed by atoms with E-state index < -0.39 is 0 Å². The Morgan fingerprint density at radius 3 is 2.27 bits per heavy atom. The summed E-state index contributed by atoms with van der Waals surface area (Å²) in [5.41, 5.74) is 1.22. The van der Waals surface area contributed by atoms with Crippen LogP contribution in [0.25, 0.3) is 0 Å². The molecule has 0 radical (unpaired) electrons. The average Bonchev–Trinajstić information content (AvgIpc) is 2.30. The molecule has 0 bridgehead atoms. The molecule has 2 heteroatoms. The molecular formula is C13H19NO. The molecule has 82 valence electrons. The fourth-order valence-corrected chi connectivity index (χ4v) is 1.81. The molecule has 0 aliphatic carbocycles. The molecule has 0 heterocycles. The predicted octanol–water partition coefficient (Wildman–Crippen LogP) is 2.14. The quantitative estimate of drug-likeness (QED) is 0.663. The van der Waals surface area contributed by atoms with Crippen LogP contribution in [-0.4, -0.2) is 30.3 Å². The molecule has 0 fully saturated rings. The van der Waals surface area contributed by atoms with Crippen LogP contribution in [0.5, 0.6) is 0 Å². The Morgan fingerprint density at radius 2 is 1.80 bits per heavy atom. The van der Waals surface area contributed by atoms with E-state index in [1.807, 2.05) is 18.2 Å². The van der Waals surface area contributed by atoms with Gasteiger partial charge in [-0.25, -0.2) is 0 Å². The van der Waals surface area contributed by atoms with Crippen LogP contribution >= 0.6 is 0 Å². The molecule has 1 aromatic rings. The van der Waals surface area contributed by atoms with Gasteiger partial charge in [-0.1, -0.05) is 44.2 Å². The number of rotatable bonds is 6. The molecule has 1 rings (SSSR count). The number of nitrogens with zero attached hydrogens (tertiary/aromatic N) is 1. The Labute approximate surface area is 91.9 Å². The lowest BCUT2D eigenvalue weighted by molar-refractivity contribution is -0.112. The van der Waals surface area contributed by atoms with Crippen LogP contribution in [-0.2, 0) is 11.2 Å². The molecule has 0 saturated heterocycles. The van der Waals surface area contributed by atoms with Gasteiger partial charge in [-0.3, -0.25) is 4.90 Å². The Hall–Kier alpha value is -1.15. The fraction of sp³-hybridized carbons (Fsp3) is 0.462. The van der Waals surface area contributed by atoms with Crippen molar-refractivity contribution in [2.75, 3.05) is 13.1 Å². The Kier molecular flexibility index (Phi) is 5.05. The monoisotopic (exact) mass is 205 g/mol. The summed E-state index contributed by atoms with van der Waals surface area (Å²) >= 11 is 0. The number of hydrogen-bond donors (Lipinski definition) is 0. The third-order valence-corrected chi connectivity index (χ3v) is 2.73. The van der Waals surface area contributed by atoms with Gasteiger partial charge in [-0.05, 0) is 25.1 Å². The molecule has 0 saturated carbocycles. The van der Waals surface area contributed by atoms with Crippen LogP contribution in [0, 0.1) is 0 Å². The Bertz CT molecular complexity index is 280. The summed E-state index contributed by atoms with van der Waals surface area (Å²) in [6, 6.07) is 10.2. The molecule has 1 atom stereocenters. The first kappa shape index (κ1) is 11.9. The van der Waals surface area contributed by atoms with Crippen molar-refractivity contribution in [1.29, 1.82) is 0 Å². The van der Waals surface area contributed by atoms with Crippen LogP contribution in [0.15, 0.2) is 30.3 Å². The van der Waals surface area contributed by atoms with Crippen LogP contribution in [0.3, 0.4) is 0 Å². The molecule has 0 aromatic heterocycles. The lowest BCUT2D eigenvalue weighted by Crippen LogP contribution is -2.37. The van der Waals surface area contributed by atoms with E-state index in [9.17, 15) is 4.79 Å². The van der Waals surface area contributed by atoms with Gasteiger partial charge in [0, 0.05) is 0 Å². The SMILES string of the molecule is CCN(CC)C(C=O)Cc1ccccc1. The van der Waals surface area contributed by atoms with E-state index in [1.165, 1.54) is 5.56 Å². The summed E-state index contributed by atoms with van der Waals surface area (Å²) in [5.74, 6) is 0. The molecule has 0 aliphatic heterocycles. The maximum absolute atomic E-state index is 11.0. The highest BCUT2D eigenvalue weighted by Gasteiger charge is 2.14. The summed E-state index contributed by atoms with van der Waals surface area (Å²) in [6.45, 7) is 6.02. The number of hydrogen-bond acceptors (Lipinski definition) is 2. The first-order valence-electron chi connectivity index (χ1n) is 5.55. The first-order valence-corrected chi connectivity index (χ1v) is 5.55. The van der Waals surface area contributed by atoms with Crippen molar-refractivity contribution in [2.24, 2.45) is 0 Å². The van der Waals surface area contributed by atoms with Gasteiger partial charge in [0.1, 0.15) is 6.29 Å². The van der Waals surface area contributed by atoms with E-state index in [2.05, 4.69) is 30.9 Å². The highest BCUT2D eigenvalue weighted by atomic mass is 16.1. The van der Waals surface area contributed by atoms with Crippen molar-refractivity contribution in [3.8, 4) is 0 Å². The second-order valence-electron chi connectivity index (χ2n) is 3.61. The topological polar surface area (TPSA) is 20.3 Å². The van der Waals surface area contributed by atoms with Crippen molar-refractivity contribution in [3.05, 3.63) is 35.9 Å². The summed E-state index contributed by atoms with van der Waals surface area (Å²) < 4.78 is 0. The van der Waals surface area contributed by atoms with Crippen LogP contribution in [0.2, 0.25) is 0 Å². The molecule has 2 nitrogen and oxygen atoms in total. The summed E-state index contributed by atoms with van der Waals surface area (Å²) in [6.07, 6.45) is 1.87. The van der Waals surface area contributed by atoms with E-state index in [1.54, 1.807) is 0 Å². The smallest absolute Gasteiger partial charge is 0.137 e. The lowest BCUT2D eigenvalue weighted by Gasteiger charge is -2.25. The summed E-state index contributed by atoms with van der Waals surface area (Å²) in [5, 5.41) is 0. The average molecular weight is 205 g/mol. The molecule has 0 spiro atoms. The van der Waals surface area contributed by atoms with Gasteiger partial charge in [0.25, 0.3) is 0 Å². The third kappa shape index (κ3) is 3.48. The van der Waals surface area contributed by atoms with E-state index in [0.717, 1.165) is 25.8 Å². The van der Waals surface area contributed by atoms with E-state index in [-0.39, 0.29) is 6.04 Å². The molecule has 15 heavy (non-hydrogen) atoms. The second-order valence-corrected chi connectivity index (χ2v) is 3.61. The van der Waals surface area contributed by atoms with E-state index in [4.69, 9.17) is 0 Å². The Balaban J connectivity index is 2.65. The first-order chi connectivity index (χ1) is 7.31. The zero-order valence-corrected chi connectivity index (χ0v) is 9.52. The van der Waals surface area contributed by atoms with Gasteiger partial charge in [-0.15, -0.1) is 0 Å². The van der Waals surface area contributed by atoms with Crippen molar-refractivity contribution in [2.45, 2.75) is 26.3 Å². The predicted molar refractivity (Wildman–Crippen MR) is 62.9 cm³/mol. The molecule has 0 amide bonds. The van der Waals surface area contributed by atoms with Crippen LogP contribution < -0.4 is 0 Å². The molecular weight excluding hydrogens is 186 g/mol. The summed E-state index contributed by atoms with van der Waals surface area (Å²) in [4.78, 5) is 13.2. The highest BCUT2D eigenvalue weighted by molar-refractivity contribution is 5.58. The van der Waals surface area contributed by atoms with Gasteiger partial charge in [0.15, 0.2) is 0 Å². The maximum Gasteiger partial charge on any atom is 0.137 e. The van der Waals surface area contributed by atoms with Gasteiger partial charge < -0.3 is 4.79 Å². The summed E-state index contributed by atoms with van der Waals surface area (Å²) in [7, 11) is 0. The fourth-order valence-electron chi connectivity index (χ4n) is 1.81. The number of carbonyl (C=O) groups is 1. The van der Waals surface area contributed by atoms with Crippen LogP contribution in [0.4, 0.5) is 0 Å². The maximum atomic E-state index is 11.0. The van der Waals surface area contributed by atoms with E-state index >= 15 is 0 Å². The molecule has 0 N–H and O–H groups in total. The van der Waals surface area contributed by atoms with Crippen LogP contribution in [0.1, 0.15) is 19.4 Å². The van der Waals surface area contributed by atoms with Crippen molar-refractivity contribution < 1.29 is 4.79 Å². The molecule has 1 aromatic carbocycles. The lowest BCUT2D eigenvalue weighted by atomic mass is 10.1. The van der Waals surface area contributed by atoms with E-state index in [0.29, 0.717) is 0 Å². The minimum absolute atomic E-state index is 0.0161. The third-order valence-electron chi connectivity index (χ3n) is 2.73. The Morgan fingerprint density at radius 1 is 1.20 bits per heavy atom. The van der Waals surface area contributed by atoms with Gasteiger partial charge in [-0.2, -0.15) is 0 Å². The molecule has 0 aliphatic rings. The van der Waals surface area contributed by atoms with Gasteiger partial charge in [0.05, 0.1) is 6.04 Å². The van der Waals surface area contributed by atoms with Gasteiger partial charge in [0.2, 0.25) is 0 Å². The van der Waals surface area contributed by atoms with Crippen molar-refractivity contribution in [1.82, 2.24) is 4.90 Å². The standard InChI is InChI=1S/C13H19NO/c1-3-14(4-2)13(11-15)10-12-8-6-5-7-9-12/h5-9,11,13H,3-4,10H2,1-2H3. The second kappa shape index (κ2) is 6.36. The number of aldehydes is 1. The number of likely N-dealkylation sites (N-methyl/N-ethyl adjacent to an activating group) is 1. The minimum Gasteiger partial charge on any atom is -0.302 e. The normalized spacial score (nSPS) is 12.7. The minimum atomic E-state index is 0.0161. The largest absolute Gasteiger partial charge is 0.302 e. The zero-order valence-electron chi connectivity index (χ0n) is 9.52. The number of benzene rings is 1. The van der Waals surface area contributed by atoms with Crippen molar-refractivity contribution in [3.63, 3.8) is 0 Å². The number of carbonyl (C=O) groups excluding carboxylic acids is 1. The molecule has 1 unspecified atom stereocenters. The zero-order chi connectivity index (χ0) is 11.1. The van der Waals surface area contributed by atoms with Crippen molar-refractivity contribution >= 4 is 6.29 Å². The highest BCUT2D eigenvalue weighted by Crippen LogP contribution is 2.07. The van der Waals surface area contributed by atoms with Gasteiger partial charge >= 0.3 is 0 Å².